The predicted octanol–water partition coefficient (Wildman–Crippen LogP) is 4.65. The maximum absolute atomic E-state index is 6.70. The van der Waals surface area contributed by atoms with Crippen LogP contribution in [0, 0.1) is 13.8 Å². The van der Waals surface area contributed by atoms with Crippen molar-refractivity contribution in [1.29, 1.82) is 0 Å². The lowest BCUT2D eigenvalue weighted by Crippen LogP contribution is -2.02. The number of hydrogen-bond donors (Lipinski definition) is 0. The first kappa shape index (κ1) is 14.7. The molecule has 0 heterocycles. The Bertz CT molecular complexity index is 586. The van der Waals surface area contributed by atoms with E-state index >= 15 is 0 Å². The van der Waals surface area contributed by atoms with E-state index in [1.165, 1.54) is 5.56 Å². The van der Waals surface area contributed by atoms with Gasteiger partial charge < -0.3 is 9.47 Å². The Morgan fingerprint density at radius 3 is 2.05 bits per heavy atom. The zero-order valence-corrected chi connectivity index (χ0v) is 13.0. The zero-order valence-electron chi connectivity index (χ0n) is 12.2. The lowest BCUT2D eigenvalue weighted by atomic mass is 9.97. The van der Waals surface area contributed by atoms with Crippen LogP contribution in [-0.4, -0.2) is 14.2 Å². The Hall–Kier alpha value is -1.67. The highest BCUT2D eigenvalue weighted by Gasteiger charge is 2.21. The monoisotopic (exact) mass is 290 g/mol. The summed E-state index contributed by atoms with van der Waals surface area (Å²) in [6.07, 6.45) is 0. The van der Waals surface area contributed by atoms with E-state index in [0.717, 1.165) is 28.2 Å². The first-order valence-electron chi connectivity index (χ1n) is 6.50. The van der Waals surface area contributed by atoms with Crippen LogP contribution in [0.25, 0.3) is 0 Å². The van der Waals surface area contributed by atoms with E-state index in [0.29, 0.717) is 0 Å². The molecular formula is C17H19ClO2. The molecule has 0 radical (unpaired) electrons. The van der Waals surface area contributed by atoms with Gasteiger partial charge in [0.25, 0.3) is 0 Å². The highest BCUT2D eigenvalue weighted by atomic mass is 35.5. The first-order valence-corrected chi connectivity index (χ1v) is 6.94. The van der Waals surface area contributed by atoms with Gasteiger partial charge in [-0.2, -0.15) is 0 Å². The maximum atomic E-state index is 6.70. The van der Waals surface area contributed by atoms with Crippen molar-refractivity contribution in [2.24, 2.45) is 0 Å². The van der Waals surface area contributed by atoms with Gasteiger partial charge >= 0.3 is 0 Å². The van der Waals surface area contributed by atoms with E-state index in [9.17, 15) is 0 Å². The van der Waals surface area contributed by atoms with Gasteiger partial charge in [0.1, 0.15) is 11.5 Å². The number of rotatable bonds is 4. The molecule has 0 amide bonds. The molecule has 0 bridgehead atoms. The number of ether oxygens (including phenoxy) is 2. The van der Waals surface area contributed by atoms with Crippen LogP contribution in [0.3, 0.4) is 0 Å². The van der Waals surface area contributed by atoms with E-state index in [1.807, 2.05) is 18.2 Å². The highest BCUT2D eigenvalue weighted by molar-refractivity contribution is 6.23. The number of aryl methyl sites for hydroxylation is 2. The molecule has 20 heavy (non-hydrogen) atoms. The van der Waals surface area contributed by atoms with Crippen molar-refractivity contribution in [2.45, 2.75) is 19.2 Å². The third-order valence-corrected chi connectivity index (χ3v) is 3.87. The van der Waals surface area contributed by atoms with Crippen molar-refractivity contribution in [2.75, 3.05) is 14.2 Å². The zero-order chi connectivity index (χ0) is 14.7. The lowest BCUT2D eigenvalue weighted by molar-refractivity contribution is 0.386. The van der Waals surface area contributed by atoms with Gasteiger partial charge in [-0.25, -0.2) is 0 Å². The molecule has 0 saturated heterocycles. The molecule has 2 aromatic rings. The normalized spacial score (nSPS) is 12.1. The molecule has 0 fully saturated rings. The van der Waals surface area contributed by atoms with Crippen molar-refractivity contribution >= 4 is 11.6 Å². The lowest BCUT2D eigenvalue weighted by Gasteiger charge is -2.19. The third-order valence-electron chi connectivity index (χ3n) is 3.42. The second-order valence-electron chi connectivity index (χ2n) is 4.80. The summed E-state index contributed by atoms with van der Waals surface area (Å²) in [4.78, 5) is 0. The summed E-state index contributed by atoms with van der Waals surface area (Å²) in [5.74, 6) is 1.48. The number of halogens is 1. The molecule has 0 aromatic heterocycles. The van der Waals surface area contributed by atoms with Crippen molar-refractivity contribution < 1.29 is 9.47 Å². The van der Waals surface area contributed by atoms with E-state index in [2.05, 4.69) is 32.0 Å². The van der Waals surface area contributed by atoms with Gasteiger partial charge in [0, 0.05) is 0 Å². The third kappa shape index (κ3) is 2.75. The van der Waals surface area contributed by atoms with Crippen LogP contribution in [0.4, 0.5) is 0 Å². The maximum Gasteiger partial charge on any atom is 0.127 e. The fraction of sp³-hybridized carbons (Fsp3) is 0.294. The Labute approximate surface area is 125 Å². The Balaban J connectivity index is 2.55. The topological polar surface area (TPSA) is 18.5 Å². The van der Waals surface area contributed by atoms with E-state index in [4.69, 9.17) is 21.1 Å². The summed E-state index contributed by atoms with van der Waals surface area (Å²) in [6.45, 7) is 4.14. The standard InChI is InChI=1S/C17H19ClO2/c1-11-8-9-13(12(2)10-11)17(18)16-14(19-3)6-5-7-15(16)20-4/h5-10,17H,1-4H3. The predicted molar refractivity (Wildman–Crippen MR) is 83.2 cm³/mol. The average molecular weight is 291 g/mol. The van der Waals surface area contributed by atoms with Gasteiger partial charge in [0.05, 0.1) is 25.2 Å². The van der Waals surface area contributed by atoms with Crippen LogP contribution < -0.4 is 9.47 Å². The minimum atomic E-state index is -0.304. The summed E-state index contributed by atoms with van der Waals surface area (Å²) in [5, 5.41) is -0.304. The summed E-state index contributed by atoms with van der Waals surface area (Å²) in [6, 6.07) is 12.0. The molecule has 1 unspecified atom stereocenters. The molecule has 2 nitrogen and oxygen atoms in total. The smallest absolute Gasteiger partial charge is 0.127 e. The second kappa shape index (κ2) is 6.19. The molecule has 106 valence electrons. The first-order chi connectivity index (χ1) is 9.58. The Morgan fingerprint density at radius 1 is 0.950 bits per heavy atom. The number of benzene rings is 2. The van der Waals surface area contributed by atoms with Crippen molar-refractivity contribution in [3.05, 3.63) is 58.7 Å². The van der Waals surface area contributed by atoms with E-state index < -0.39 is 0 Å². The molecule has 0 spiro atoms. The molecule has 3 heteroatoms. The van der Waals surface area contributed by atoms with Gasteiger partial charge in [0.2, 0.25) is 0 Å². The quantitative estimate of drug-likeness (QED) is 0.763. The van der Waals surface area contributed by atoms with Crippen LogP contribution in [0.15, 0.2) is 36.4 Å². The fourth-order valence-electron chi connectivity index (χ4n) is 2.40. The van der Waals surface area contributed by atoms with Crippen LogP contribution >= 0.6 is 11.6 Å². The van der Waals surface area contributed by atoms with E-state index in [-0.39, 0.29) is 5.38 Å². The molecule has 0 aliphatic heterocycles. The molecule has 1 atom stereocenters. The second-order valence-corrected chi connectivity index (χ2v) is 5.24. The van der Waals surface area contributed by atoms with Gasteiger partial charge in [-0.3, -0.25) is 0 Å². The van der Waals surface area contributed by atoms with Crippen molar-refractivity contribution in [3.8, 4) is 11.5 Å². The molecule has 0 aliphatic carbocycles. The number of methoxy groups -OCH3 is 2. The molecule has 0 saturated carbocycles. The summed E-state index contributed by atoms with van der Waals surface area (Å²) >= 11 is 6.70. The summed E-state index contributed by atoms with van der Waals surface area (Å²) < 4.78 is 10.9. The largest absolute Gasteiger partial charge is 0.496 e. The molecule has 0 N–H and O–H groups in total. The van der Waals surface area contributed by atoms with E-state index in [1.54, 1.807) is 14.2 Å². The average Bonchev–Trinajstić information content (AvgIpc) is 2.45. The number of hydrogen-bond acceptors (Lipinski definition) is 2. The summed E-state index contributed by atoms with van der Waals surface area (Å²) in [7, 11) is 3.29. The Kier molecular flexibility index (Phi) is 4.56. The SMILES string of the molecule is COc1cccc(OC)c1C(Cl)c1ccc(C)cc1C. The van der Waals surface area contributed by atoms with Crippen LogP contribution in [-0.2, 0) is 0 Å². The molecule has 2 aromatic carbocycles. The molecular weight excluding hydrogens is 272 g/mol. The van der Waals surface area contributed by atoms with Crippen molar-refractivity contribution in [1.82, 2.24) is 0 Å². The minimum Gasteiger partial charge on any atom is -0.496 e. The van der Waals surface area contributed by atoms with Crippen LogP contribution in [0.1, 0.15) is 27.6 Å². The Morgan fingerprint density at radius 2 is 1.55 bits per heavy atom. The van der Waals surface area contributed by atoms with Gasteiger partial charge in [-0.15, -0.1) is 11.6 Å². The van der Waals surface area contributed by atoms with Crippen LogP contribution in [0.2, 0.25) is 0 Å². The fourth-order valence-corrected chi connectivity index (χ4v) is 2.86. The minimum absolute atomic E-state index is 0.304. The van der Waals surface area contributed by atoms with Gasteiger partial charge in [-0.05, 0) is 37.1 Å². The van der Waals surface area contributed by atoms with Crippen molar-refractivity contribution in [3.63, 3.8) is 0 Å². The molecule has 2 rings (SSSR count). The van der Waals surface area contributed by atoms with Gasteiger partial charge in [-0.1, -0.05) is 29.8 Å². The number of alkyl halides is 1. The van der Waals surface area contributed by atoms with Gasteiger partial charge in [0.15, 0.2) is 0 Å². The summed E-state index contributed by atoms with van der Waals surface area (Å²) in [5.41, 5.74) is 4.33. The highest BCUT2D eigenvalue weighted by Crippen LogP contribution is 2.42. The molecule has 0 aliphatic rings. The van der Waals surface area contributed by atoms with Crippen LogP contribution in [0.5, 0.6) is 11.5 Å².